The first-order valence-electron chi connectivity index (χ1n) is 5.29. The Bertz CT molecular complexity index is 203. The number of likely N-dealkylation sites (tertiary alicyclic amines) is 1. The molecule has 1 heterocycles. The van der Waals surface area contributed by atoms with E-state index in [0.29, 0.717) is 0 Å². The number of amides is 1. The largest absolute Gasteiger partial charge is 0.336 e. The van der Waals surface area contributed by atoms with Gasteiger partial charge in [-0.2, -0.15) is 0 Å². The molecular weight excluding hydrogens is 164 g/mol. The molecular formula is C10H18N2O. The van der Waals surface area contributed by atoms with Crippen molar-refractivity contribution in [3.05, 3.63) is 0 Å². The van der Waals surface area contributed by atoms with E-state index in [4.69, 9.17) is 5.73 Å². The second kappa shape index (κ2) is 3.29. The van der Waals surface area contributed by atoms with Crippen LogP contribution >= 0.6 is 0 Å². The van der Waals surface area contributed by atoms with Gasteiger partial charge in [0.15, 0.2) is 0 Å². The number of carbonyl (C=O) groups excluding carboxylic acids is 1. The first-order chi connectivity index (χ1) is 6.28. The topological polar surface area (TPSA) is 46.3 Å². The predicted molar refractivity (Wildman–Crippen MR) is 51.2 cm³/mol. The first kappa shape index (κ1) is 9.00. The summed E-state index contributed by atoms with van der Waals surface area (Å²) in [6, 6.07) is 0. The fourth-order valence-electron chi connectivity index (χ4n) is 2.99. The van der Waals surface area contributed by atoms with Gasteiger partial charge in [-0.1, -0.05) is 12.8 Å². The average Bonchev–Trinajstić information content (AvgIpc) is 2.76. The zero-order valence-electron chi connectivity index (χ0n) is 8.09. The molecule has 1 saturated heterocycles. The van der Waals surface area contributed by atoms with Crippen molar-refractivity contribution in [1.82, 2.24) is 4.90 Å². The molecule has 1 spiro atoms. The number of rotatable bonds is 1. The maximum absolute atomic E-state index is 11.6. The van der Waals surface area contributed by atoms with Gasteiger partial charge < -0.3 is 10.6 Å². The molecule has 1 amide bonds. The van der Waals surface area contributed by atoms with E-state index in [2.05, 4.69) is 4.90 Å². The van der Waals surface area contributed by atoms with Gasteiger partial charge in [-0.15, -0.1) is 0 Å². The molecule has 13 heavy (non-hydrogen) atoms. The number of nitrogens with two attached hydrogens (primary N) is 1. The van der Waals surface area contributed by atoms with Crippen LogP contribution in [0, 0.1) is 0 Å². The molecule has 0 aromatic carbocycles. The molecule has 0 radical (unpaired) electrons. The third-order valence-corrected chi connectivity index (χ3v) is 3.61. The zero-order chi connectivity index (χ0) is 9.31. The SMILES string of the molecule is NCC(=O)N1CCCC12CCCC2. The van der Waals surface area contributed by atoms with E-state index < -0.39 is 0 Å². The first-order valence-corrected chi connectivity index (χ1v) is 5.29. The molecule has 0 bridgehead atoms. The van der Waals surface area contributed by atoms with Crippen LogP contribution in [0.2, 0.25) is 0 Å². The number of hydrogen-bond donors (Lipinski definition) is 1. The second-order valence-corrected chi connectivity index (χ2v) is 4.28. The molecule has 3 heteroatoms. The van der Waals surface area contributed by atoms with Crippen LogP contribution in [0.1, 0.15) is 38.5 Å². The molecule has 1 aliphatic heterocycles. The fourth-order valence-corrected chi connectivity index (χ4v) is 2.99. The number of nitrogens with zero attached hydrogens (tertiary/aromatic N) is 1. The Morgan fingerprint density at radius 3 is 2.46 bits per heavy atom. The Labute approximate surface area is 79.3 Å². The van der Waals surface area contributed by atoms with E-state index >= 15 is 0 Å². The van der Waals surface area contributed by atoms with Crippen LogP contribution < -0.4 is 5.73 Å². The minimum absolute atomic E-state index is 0.152. The van der Waals surface area contributed by atoms with Crippen molar-refractivity contribution in [2.75, 3.05) is 13.1 Å². The highest BCUT2D eigenvalue weighted by Crippen LogP contribution is 2.42. The molecule has 3 nitrogen and oxygen atoms in total. The maximum Gasteiger partial charge on any atom is 0.236 e. The van der Waals surface area contributed by atoms with E-state index in [1.54, 1.807) is 0 Å². The average molecular weight is 182 g/mol. The molecule has 1 aliphatic carbocycles. The maximum atomic E-state index is 11.6. The van der Waals surface area contributed by atoms with E-state index in [1.165, 1.54) is 38.5 Å². The van der Waals surface area contributed by atoms with Crippen molar-refractivity contribution < 1.29 is 4.79 Å². The van der Waals surface area contributed by atoms with Crippen LogP contribution in [0.25, 0.3) is 0 Å². The molecule has 74 valence electrons. The molecule has 0 aromatic heterocycles. The van der Waals surface area contributed by atoms with E-state index in [1.807, 2.05) is 0 Å². The summed E-state index contributed by atoms with van der Waals surface area (Å²) in [5.41, 5.74) is 5.64. The fraction of sp³-hybridized carbons (Fsp3) is 0.900. The molecule has 2 N–H and O–H groups in total. The molecule has 0 aromatic rings. The van der Waals surface area contributed by atoms with Gasteiger partial charge >= 0.3 is 0 Å². The number of hydrogen-bond acceptors (Lipinski definition) is 2. The van der Waals surface area contributed by atoms with Gasteiger partial charge in [0, 0.05) is 12.1 Å². The van der Waals surface area contributed by atoms with Crippen LogP contribution in [0.15, 0.2) is 0 Å². The quantitative estimate of drug-likeness (QED) is 0.654. The Hall–Kier alpha value is -0.570. The van der Waals surface area contributed by atoms with Gasteiger partial charge in [0.05, 0.1) is 6.54 Å². The van der Waals surface area contributed by atoms with E-state index in [-0.39, 0.29) is 18.0 Å². The Kier molecular flexibility index (Phi) is 2.28. The summed E-state index contributed by atoms with van der Waals surface area (Å²) >= 11 is 0. The Balaban J connectivity index is 2.13. The molecule has 2 fully saturated rings. The summed E-state index contributed by atoms with van der Waals surface area (Å²) < 4.78 is 0. The lowest BCUT2D eigenvalue weighted by atomic mass is 9.94. The second-order valence-electron chi connectivity index (χ2n) is 4.28. The molecule has 0 atom stereocenters. The molecule has 1 saturated carbocycles. The van der Waals surface area contributed by atoms with Crippen molar-refractivity contribution >= 4 is 5.91 Å². The van der Waals surface area contributed by atoms with Gasteiger partial charge in [-0.05, 0) is 25.7 Å². The standard InChI is InChI=1S/C10H18N2O/c11-8-9(13)12-7-3-6-10(12)4-1-2-5-10/h1-8,11H2. The monoisotopic (exact) mass is 182 g/mol. The lowest BCUT2D eigenvalue weighted by Crippen LogP contribution is -2.47. The van der Waals surface area contributed by atoms with Gasteiger partial charge in [-0.3, -0.25) is 4.79 Å². The normalized spacial score (nSPS) is 25.8. The van der Waals surface area contributed by atoms with Crippen LogP contribution in [-0.4, -0.2) is 29.4 Å². The summed E-state index contributed by atoms with van der Waals surface area (Å²) in [6.45, 7) is 1.12. The summed E-state index contributed by atoms with van der Waals surface area (Å²) in [5, 5.41) is 0. The third-order valence-electron chi connectivity index (χ3n) is 3.61. The lowest BCUT2D eigenvalue weighted by Gasteiger charge is -2.34. The van der Waals surface area contributed by atoms with Crippen molar-refractivity contribution in [2.24, 2.45) is 5.73 Å². The smallest absolute Gasteiger partial charge is 0.236 e. The summed E-state index contributed by atoms with van der Waals surface area (Å²) in [6.07, 6.45) is 7.37. The Morgan fingerprint density at radius 1 is 1.23 bits per heavy atom. The van der Waals surface area contributed by atoms with Gasteiger partial charge in [-0.25, -0.2) is 0 Å². The van der Waals surface area contributed by atoms with Crippen LogP contribution in [0.5, 0.6) is 0 Å². The molecule has 0 unspecified atom stereocenters. The Morgan fingerprint density at radius 2 is 1.85 bits per heavy atom. The minimum Gasteiger partial charge on any atom is -0.336 e. The summed E-state index contributed by atoms with van der Waals surface area (Å²) in [7, 11) is 0. The lowest BCUT2D eigenvalue weighted by molar-refractivity contribution is -0.133. The summed E-state index contributed by atoms with van der Waals surface area (Å²) in [5.74, 6) is 0.152. The van der Waals surface area contributed by atoms with Crippen molar-refractivity contribution in [3.63, 3.8) is 0 Å². The van der Waals surface area contributed by atoms with E-state index in [0.717, 1.165) is 6.54 Å². The van der Waals surface area contributed by atoms with Gasteiger partial charge in [0.25, 0.3) is 0 Å². The highest BCUT2D eigenvalue weighted by Gasteiger charge is 2.44. The summed E-state index contributed by atoms with van der Waals surface area (Å²) in [4.78, 5) is 13.6. The van der Waals surface area contributed by atoms with E-state index in [9.17, 15) is 4.79 Å². The van der Waals surface area contributed by atoms with Crippen molar-refractivity contribution in [1.29, 1.82) is 0 Å². The predicted octanol–water partition coefficient (Wildman–Crippen LogP) is 0.880. The highest BCUT2D eigenvalue weighted by molar-refractivity contribution is 5.79. The minimum atomic E-state index is 0.152. The van der Waals surface area contributed by atoms with Crippen molar-refractivity contribution in [2.45, 2.75) is 44.1 Å². The van der Waals surface area contributed by atoms with Crippen molar-refractivity contribution in [3.8, 4) is 0 Å². The van der Waals surface area contributed by atoms with Crippen LogP contribution in [-0.2, 0) is 4.79 Å². The number of carbonyl (C=O) groups is 1. The van der Waals surface area contributed by atoms with Gasteiger partial charge in [0.2, 0.25) is 5.91 Å². The van der Waals surface area contributed by atoms with Crippen LogP contribution in [0.4, 0.5) is 0 Å². The molecule has 2 aliphatic rings. The molecule has 2 rings (SSSR count). The highest BCUT2D eigenvalue weighted by atomic mass is 16.2. The third kappa shape index (κ3) is 1.35. The van der Waals surface area contributed by atoms with Crippen LogP contribution in [0.3, 0.4) is 0 Å². The van der Waals surface area contributed by atoms with Gasteiger partial charge in [0.1, 0.15) is 0 Å². The zero-order valence-corrected chi connectivity index (χ0v) is 8.09.